The Kier molecular flexibility index (Phi) is 7.33. The Morgan fingerprint density at radius 1 is 1.00 bits per heavy atom. The molecular weight excluding hydrogens is 435 g/mol. The maximum Gasteiger partial charge on any atom is 0.251 e. The van der Waals surface area contributed by atoms with E-state index >= 15 is 0 Å². The predicted molar refractivity (Wildman–Crippen MR) is 128 cm³/mol. The van der Waals surface area contributed by atoms with Crippen molar-refractivity contribution in [1.82, 2.24) is 10.2 Å². The van der Waals surface area contributed by atoms with Gasteiger partial charge in [0.05, 0.1) is 27.4 Å². The normalized spacial score (nSPS) is 15.4. The summed E-state index contributed by atoms with van der Waals surface area (Å²) in [4.78, 5) is 15.1. The molecule has 0 saturated heterocycles. The number of fused-ring (bicyclic) bond motifs is 1. The Morgan fingerprint density at radius 3 is 2.41 bits per heavy atom. The Morgan fingerprint density at radius 2 is 1.74 bits per heavy atom. The maximum absolute atomic E-state index is 13.8. The second-order valence-electron chi connectivity index (χ2n) is 8.21. The number of methoxy groups -OCH3 is 3. The summed E-state index contributed by atoms with van der Waals surface area (Å²) in [5, 5.41) is 3.07. The van der Waals surface area contributed by atoms with Crippen LogP contribution in [0, 0.1) is 5.82 Å². The van der Waals surface area contributed by atoms with E-state index in [0.29, 0.717) is 35.9 Å². The van der Waals surface area contributed by atoms with E-state index in [-0.39, 0.29) is 17.8 Å². The van der Waals surface area contributed by atoms with Crippen LogP contribution in [0.15, 0.2) is 60.7 Å². The quantitative estimate of drug-likeness (QED) is 0.536. The van der Waals surface area contributed by atoms with Gasteiger partial charge in [0.15, 0.2) is 11.5 Å². The van der Waals surface area contributed by atoms with Crippen molar-refractivity contribution in [2.75, 3.05) is 34.4 Å². The molecule has 1 N–H and O–H groups in total. The molecule has 0 spiro atoms. The van der Waals surface area contributed by atoms with Crippen LogP contribution in [-0.4, -0.2) is 45.2 Å². The summed E-state index contributed by atoms with van der Waals surface area (Å²) in [5.41, 5.74) is 3.66. The summed E-state index contributed by atoms with van der Waals surface area (Å²) in [6.45, 7) is 1.72. The highest BCUT2D eigenvalue weighted by Crippen LogP contribution is 2.38. The number of ether oxygens (including phenoxy) is 3. The number of benzene rings is 3. The number of nitrogens with zero attached hydrogens (tertiary/aromatic N) is 1. The molecule has 1 heterocycles. The average molecular weight is 465 g/mol. The van der Waals surface area contributed by atoms with Gasteiger partial charge in [-0.15, -0.1) is 0 Å². The van der Waals surface area contributed by atoms with Crippen LogP contribution in [0.25, 0.3) is 0 Å². The summed E-state index contributed by atoms with van der Waals surface area (Å²) in [6.07, 6.45) is 0.813. The number of carbonyl (C=O) groups is 1. The van der Waals surface area contributed by atoms with Crippen molar-refractivity contribution in [2.45, 2.75) is 19.0 Å². The summed E-state index contributed by atoms with van der Waals surface area (Å²) in [5.74, 6) is 1.59. The first kappa shape index (κ1) is 23.6. The third-order valence-corrected chi connectivity index (χ3v) is 6.20. The molecule has 1 atom stereocenters. The van der Waals surface area contributed by atoms with E-state index in [1.54, 1.807) is 57.7 Å². The molecule has 6 nitrogen and oxygen atoms in total. The molecule has 34 heavy (non-hydrogen) atoms. The standard InChI is InChI=1S/C27H29FN2O4/c1-32-22-9-7-19(8-10-22)27(31)29-16-24-23-15-26(34-3)25(33-2)14-20(23)11-12-30(24)17-18-5-4-6-21(28)13-18/h4-10,13-15,24H,11-12,16-17H2,1-3H3,(H,29,31). The first-order valence-electron chi connectivity index (χ1n) is 11.2. The van der Waals surface area contributed by atoms with E-state index < -0.39 is 0 Å². The molecule has 0 bridgehead atoms. The lowest BCUT2D eigenvalue weighted by Gasteiger charge is -2.38. The Hall–Kier alpha value is -3.58. The summed E-state index contributed by atoms with van der Waals surface area (Å²) >= 11 is 0. The Labute approximate surface area is 199 Å². The molecule has 0 fully saturated rings. The Balaban J connectivity index is 1.61. The topological polar surface area (TPSA) is 60.0 Å². The second kappa shape index (κ2) is 10.6. The smallest absolute Gasteiger partial charge is 0.251 e. The van der Waals surface area contributed by atoms with Crippen LogP contribution in [0.2, 0.25) is 0 Å². The molecule has 1 aliphatic rings. The van der Waals surface area contributed by atoms with Crippen molar-refractivity contribution in [3.63, 3.8) is 0 Å². The number of hydrogen-bond donors (Lipinski definition) is 1. The first-order chi connectivity index (χ1) is 16.5. The van der Waals surface area contributed by atoms with Crippen LogP contribution in [0.1, 0.15) is 33.1 Å². The highest BCUT2D eigenvalue weighted by molar-refractivity contribution is 5.94. The molecule has 1 aliphatic heterocycles. The van der Waals surface area contributed by atoms with Crippen LogP contribution in [0.5, 0.6) is 17.2 Å². The minimum atomic E-state index is -0.259. The lowest BCUT2D eigenvalue weighted by atomic mass is 9.91. The maximum atomic E-state index is 13.8. The van der Waals surface area contributed by atoms with Crippen LogP contribution >= 0.6 is 0 Å². The van der Waals surface area contributed by atoms with Crippen molar-refractivity contribution >= 4 is 5.91 Å². The molecule has 3 aromatic rings. The van der Waals surface area contributed by atoms with Crippen LogP contribution in [-0.2, 0) is 13.0 Å². The van der Waals surface area contributed by atoms with Crippen molar-refractivity contribution < 1.29 is 23.4 Å². The van der Waals surface area contributed by atoms with E-state index in [1.165, 1.54) is 6.07 Å². The number of hydrogen-bond acceptors (Lipinski definition) is 5. The largest absolute Gasteiger partial charge is 0.497 e. The number of nitrogens with one attached hydrogen (secondary N) is 1. The lowest BCUT2D eigenvalue weighted by molar-refractivity contribution is 0.0925. The summed E-state index contributed by atoms with van der Waals surface area (Å²) in [6, 6.07) is 17.5. The second-order valence-corrected chi connectivity index (χ2v) is 8.21. The fraction of sp³-hybridized carbons (Fsp3) is 0.296. The molecule has 0 aromatic heterocycles. The SMILES string of the molecule is COc1ccc(C(=O)NCC2c3cc(OC)c(OC)cc3CCN2Cc2cccc(F)c2)cc1. The van der Waals surface area contributed by atoms with Gasteiger partial charge in [0.1, 0.15) is 11.6 Å². The van der Waals surface area contributed by atoms with Gasteiger partial charge in [0.25, 0.3) is 5.91 Å². The minimum absolute atomic E-state index is 0.117. The molecule has 0 aliphatic carbocycles. The van der Waals surface area contributed by atoms with Crippen molar-refractivity contribution in [3.8, 4) is 17.2 Å². The van der Waals surface area contributed by atoms with Crippen molar-refractivity contribution in [3.05, 3.63) is 88.7 Å². The predicted octanol–water partition coefficient (Wildman–Crippen LogP) is 4.38. The zero-order valence-electron chi connectivity index (χ0n) is 19.6. The molecule has 178 valence electrons. The van der Waals surface area contributed by atoms with E-state index in [1.807, 2.05) is 18.2 Å². The van der Waals surface area contributed by atoms with Gasteiger partial charge in [0.2, 0.25) is 0 Å². The van der Waals surface area contributed by atoms with Gasteiger partial charge in [-0.1, -0.05) is 12.1 Å². The molecule has 7 heteroatoms. The molecule has 4 rings (SSSR count). The highest BCUT2D eigenvalue weighted by atomic mass is 19.1. The third kappa shape index (κ3) is 5.15. The highest BCUT2D eigenvalue weighted by Gasteiger charge is 2.29. The number of rotatable bonds is 8. The zero-order valence-corrected chi connectivity index (χ0v) is 19.6. The van der Waals surface area contributed by atoms with Gasteiger partial charge >= 0.3 is 0 Å². The van der Waals surface area contributed by atoms with E-state index in [4.69, 9.17) is 14.2 Å². The average Bonchev–Trinajstić information content (AvgIpc) is 2.87. The van der Waals surface area contributed by atoms with Crippen molar-refractivity contribution in [1.29, 1.82) is 0 Å². The monoisotopic (exact) mass is 464 g/mol. The van der Waals surface area contributed by atoms with Gasteiger partial charge in [-0.2, -0.15) is 0 Å². The van der Waals surface area contributed by atoms with E-state index in [0.717, 1.165) is 29.7 Å². The first-order valence-corrected chi connectivity index (χ1v) is 11.2. The molecule has 1 amide bonds. The molecule has 1 unspecified atom stereocenters. The molecule has 0 radical (unpaired) electrons. The summed E-state index contributed by atoms with van der Waals surface area (Å²) < 4.78 is 30.0. The van der Waals surface area contributed by atoms with Crippen LogP contribution in [0.4, 0.5) is 4.39 Å². The van der Waals surface area contributed by atoms with Gasteiger partial charge in [0, 0.05) is 25.2 Å². The number of amides is 1. The van der Waals surface area contributed by atoms with Crippen LogP contribution < -0.4 is 19.5 Å². The number of carbonyl (C=O) groups excluding carboxylic acids is 1. The van der Waals surface area contributed by atoms with Gasteiger partial charge in [-0.3, -0.25) is 9.69 Å². The van der Waals surface area contributed by atoms with Crippen LogP contribution in [0.3, 0.4) is 0 Å². The summed E-state index contributed by atoms with van der Waals surface area (Å²) in [7, 11) is 4.82. The fourth-order valence-electron chi connectivity index (χ4n) is 4.41. The van der Waals surface area contributed by atoms with E-state index in [9.17, 15) is 9.18 Å². The van der Waals surface area contributed by atoms with Gasteiger partial charge in [-0.05, 0) is 71.6 Å². The minimum Gasteiger partial charge on any atom is -0.497 e. The lowest BCUT2D eigenvalue weighted by Crippen LogP contribution is -2.41. The third-order valence-electron chi connectivity index (χ3n) is 6.20. The Bertz CT molecular complexity index is 1150. The molecule has 0 saturated carbocycles. The molecule has 3 aromatic carbocycles. The zero-order chi connectivity index (χ0) is 24.1. The fourth-order valence-corrected chi connectivity index (χ4v) is 4.41. The number of halogens is 1. The van der Waals surface area contributed by atoms with Crippen molar-refractivity contribution in [2.24, 2.45) is 0 Å². The van der Waals surface area contributed by atoms with Gasteiger partial charge < -0.3 is 19.5 Å². The molecular formula is C27H29FN2O4. The van der Waals surface area contributed by atoms with E-state index in [2.05, 4.69) is 10.2 Å². The van der Waals surface area contributed by atoms with Gasteiger partial charge in [-0.25, -0.2) is 4.39 Å².